The second-order valence-corrected chi connectivity index (χ2v) is 5.13. The number of hydrogen-bond acceptors (Lipinski definition) is 5. The number of nitrogens with two attached hydrogens (primary N) is 1. The zero-order chi connectivity index (χ0) is 13.2. The van der Waals surface area contributed by atoms with Crippen LogP contribution in [0.25, 0.3) is 11.1 Å². The van der Waals surface area contributed by atoms with Gasteiger partial charge in [0.2, 0.25) is 0 Å². The highest BCUT2D eigenvalue weighted by atomic mass is 16.5. The molecule has 0 unspecified atom stereocenters. The number of oxazole rings is 1. The Kier molecular flexibility index (Phi) is 3.29. The predicted octanol–water partition coefficient (Wildman–Crippen LogP) is 2.27. The minimum absolute atomic E-state index is 0.586. The van der Waals surface area contributed by atoms with Crippen LogP contribution < -0.4 is 10.6 Å². The number of nitrogen functional groups attached to an aromatic ring is 1. The highest BCUT2D eigenvalue weighted by Crippen LogP contribution is 2.29. The molecule has 0 radical (unpaired) electrons. The molecule has 1 heterocycles. The van der Waals surface area contributed by atoms with E-state index in [0.717, 1.165) is 30.2 Å². The zero-order valence-electron chi connectivity index (χ0n) is 11.1. The van der Waals surface area contributed by atoms with Gasteiger partial charge in [0.25, 0.3) is 6.01 Å². The lowest BCUT2D eigenvalue weighted by Crippen LogP contribution is -2.23. The van der Waals surface area contributed by atoms with E-state index in [1.54, 1.807) is 0 Å². The van der Waals surface area contributed by atoms with E-state index < -0.39 is 0 Å². The van der Waals surface area contributed by atoms with Gasteiger partial charge in [-0.1, -0.05) is 6.07 Å². The topological polar surface area (TPSA) is 64.5 Å². The van der Waals surface area contributed by atoms with Gasteiger partial charge in [0, 0.05) is 20.2 Å². The van der Waals surface area contributed by atoms with Crippen molar-refractivity contribution in [1.82, 2.24) is 4.98 Å². The number of ether oxygens (including phenoxy) is 1. The minimum Gasteiger partial charge on any atom is -0.423 e. The molecule has 5 heteroatoms. The maximum Gasteiger partial charge on any atom is 0.298 e. The van der Waals surface area contributed by atoms with Crippen LogP contribution in [0.3, 0.4) is 0 Å². The monoisotopic (exact) mass is 261 g/mol. The molecule has 5 nitrogen and oxygen atoms in total. The second kappa shape index (κ2) is 5.09. The number of likely N-dealkylation sites (N-methyl/N-ethyl adjacent to an activating group) is 1. The van der Waals surface area contributed by atoms with Gasteiger partial charge < -0.3 is 19.8 Å². The molecule has 0 saturated heterocycles. The van der Waals surface area contributed by atoms with Gasteiger partial charge in [-0.05, 0) is 30.9 Å². The molecular weight excluding hydrogens is 242 g/mol. The van der Waals surface area contributed by atoms with Crippen molar-refractivity contribution in [3.63, 3.8) is 0 Å². The van der Waals surface area contributed by atoms with Crippen LogP contribution in [-0.2, 0) is 4.74 Å². The van der Waals surface area contributed by atoms with Gasteiger partial charge >= 0.3 is 0 Å². The molecule has 0 atom stereocenters. The quantitative estimate of drug-likeness (QED) is 0.638. The maximum atomic E-state index is 5.87. The number of benzene rings is 1. The smallest absolute Gasteiger partial charge is 0.298 e. The van der Waals surface area contributed by atoms with Gasteiger partial charge in [0.05, 0.1) is 12.3 Å². The normalized spacial score (nSPS) is 15.0. The molecule has 0 amide bonds. The Morgan fingerprint density at radius 1 is 1.47 bits per heavy atom. The summed E-state index contributed by atoms with van der Waals surface area (Å²) in [6.07, 6.45) is 2.64. The Morgan fingerprint density at radius 3 is 3.05 bits per heavy atom. The van der Waals surface area contributed by atoms with Crippen LogP contribution in [-0.4, -0.2) is 31.8 Å². The first kappa shape index (κ1) is 12.3. The van der Waals surface area contributed by atoms with Gasteiger partial charge in [0.1, 0.15) is 5.52 Å². The first-order chi connectivity index (χ1) is 9.24. The maximum absolute atomic E-state index is 5.87. The van der Waals surface area contributed by atoms with Crippen LogP contribution in [0.15, 0.2) is 22.6 Å². The summed E-state index contributed by atoms with van der Waals surface area (Å²) < 4.78 is 11.3. The van der Waals surface area contributed by atoms with Crippen molar-refractivity contribution >= 4 is 22.8 Å². The molecule has 1 aromatic heterocycles. The largest absolute Gasteiger partial charge is 0.423 e. The van der Waals surface area contributed by atoms with Crippen molar-refractivity contribution in [2.24, 2.45) is 5.92 Å². The molecular formula is C14H19N3O2. The highest BCUT2D eigenvalue weighted by Gasteiger charge is 2.21. The van der Waals surface area contributed by atoms with Gasteiger partial charge in [0.15, 0.2) is 5.58 Å². The average molecular weight is 261 g/mol. The Balaban J connectivity index is 1.60. The SMILES string of the molecule is CN(CCOCC1CC1)c1nc2c(N)cccc2o1. The molecule has 2 N–H and O–H groups in total. The standard InChI is InChI=1S/C14H19N3O2/c1-17(7-8-18-9-10-5-6-10)14-16-13-11(15)3-2-4-12(13)19-14/h2-4,10H,5-9,15H2,1H3. The van der Waals surface area contributed by atoms with Crippen molar-refractivity contribution in [2.75, 3.05) is 37.4 Å². The van der Waals surface area contributed by atoms with Crippen molar-refractivity contribution in [2.45, 2.75) is 12.8 Å². The summed E-state index contributed by atoms with van der Waals surface area (Å²) in [5.74, 6) is 0.800. The molecule has 2 aromatic rings. The molecule has 19 heavy (non-hydrogen) atoms. The number of para-hydroxylation sites is 1. The lowest BCUT2D eigenvalue weighted by molar-refractivity contribution is 0.130. The molecule has 3 rings (SSSR count). The minimum atomic E-state index is 0.586. The fraction of sp³-hybridized carbons (Fsp3) is 0.500. The average Bonchev–Trinajstić information content (AvgIpc) is 3.11. The Bertz CT molecular complexity index is 563. The molecule has 0 aliphatic heterocycles. The fourth-order valence-corrected chi connectivity index (χ4v) is 1.95. The molecule has 0 spiro atoms. The number of anilines is 2. The molecule has 1 aromatic carbocycles. The number of fused-ring (bicyclic) bond motifs is 1. The highest BCUT2D eigenvalue weighted by molar-refractivity contribution is 5.86. The lowest BCUT2D eigenvalue weighted by Gasteiger charge is -2.13. The zero-order valence-corrected chi connectivity index (χ0v) is 11.1. The van der Waals surface area contributed by atoms with Crippen LogP contribution in [0.2, 0.25) is 0 Å². The van der Waals surface area contributed by atoms with E-state index in [1.165, 1.54) is 12.8 Å². The third kappa shape index (κ3) is 2.81. The van der Waals surface area contributed by atoms with Crippen molar-refractivity contribution < 1.29 is 9.15 Å². The van der Waals surface area contributed by atoms with E-state index in [9.17, 15) is 0 Å². The van der Waals surface area contributed by atoms with Crippen molar-refractivity contribution in [3.05, 3.63) is 18.2 Å². The first-order valence-corrected chi connectivity index (χ1v) is 6.68. The van der Waals surface area contributed by atoms with Crippen LogP contribution in [0.1, 0.15) is 12.8 Å². The summed E-state index contributed by atoms with van der Waals surface area (Å²) >= 11 is 0. The van der Waals surface area contributed by atoms with E-state index in [2.05, 4.69) is 4.98 Å². The summed E-state index contributed by atoms with van der Waals surface area (Å²) in [6, 6.07) is 6.15. The summed E-state index contributed by atoms with van der Waals surface area (Å²) in [4.78, 5) is 6.37. The number of nitrogens with zero attached hydrogens (tertiary/aromatic N) is 2. The van der Waals surface area contributed by atoms with E-state index in [-0.39, 0.29) is 0 Å². The van der Waals surface area contributed by atoms with Gasteiger partial charge in [-0.2, -0.15) is 4.98 Å². The van der Waals surface area contributed by atoms with E-state index >= 15 is 0 Å². The van der Waals surface area contributed by atoms with Gasteiger partial charge in [-0.25, -0.2) is 0 Å². The van der Waals surface area contributed by atoms with Gasteiger partial charge in [-0.15, -0.1) is 0 Å². The Morgan fingerprint density at radius 2 is 2.32 bits per heavy atom. The number of hydrogen-bond donors (Lipinski definition) is 1. The number of aromatic nitrogens is 1. The van der Waals surface area contributed by atoms with Crippen LogP contribution >= 0.6 is 0 Å². The first-order valence-electron chi connectivity index (χ1n) is 6.68. The van der Waals surface area contributed by atoms with Crippen LogP contribution in [0.5, 0.6) is 0 Å². The Labute approximate surface area is 112 Å². The summed E-state index contributed by atoms with van der Waals surface area (Å²) in [7, 11) is 1.95. The van der Waals surface area contributed by atoms with E-state index in [1.807, 2.05) is 30.1 Å². The summed E-state index contributed by atoms with van der Waals surface area (Å²) in [5, 5.41) is 0. The lowest BCUT2D eigenvalue weighted by atomic mass is 10.3. The summed E-state index contributed by atoms with van der Waals surface area (Å²) in [6.45, 7) is 2.34. The molecule has 0 bridgehead atoms. The molecule has 1 fully saturated rings. The van der Waals surface area contributed by atoms with Crippen molar-refractivity contribution in [1.29, 1.82) is 0 Å². The third-order valence-electron chi connectivity index (χ3n) is 3.39. The molecule has 1 aliphatic carbocycles. The molecule has 102 valence electrons. The predicted molar refractivity (Wildman–Crippen MR) is 75.2 cm³/mol. The third-order valence-corrected chi connectivity index (χ3v) is 3.39. The van der Waals surface area contributed by atoms with Crippen LogP contribution in [0.4, 0.5) is 11.7 Å². The molecule has 1 aliphatic rings. The second-order valence-electron chi connectivity index (χ2n) is 5.13. The number of rotatable bonds is 6. The van der Waals surface area contributed by atoms with E-state index in [0.29, 0.717) is 18.3 Å². The Hall–Kier alpha value is -1.75. The van der Waals surface area contributed by atoms with Gasteiger partial charge in [-0.3, -0.25) is 0 Å². The summed E-state index contributed by atoms with van der Waals surface area (Å²) in [5.41, 5.74) is 7.96. The van der Waals surface area contributed by atoms with Crippen molar-refractivity contribution in [3.8, 4) is 0 Å². The van der Waals surface area contributed by atoms with Crippen LogP contribution in [0, 0.1) is 5.92 Å². The fourth-order valence-electron chi connectivity index (χ4n) is 1.95. The molecule has 1 saturated carbocycles. The van der Waals surface area contributed by atoms with E-state index in [4.69, 9.17) is 14.9 Å².